The molecule has 2 rings (SSSR count). The Hall–Kier alpha value is -1.84. The zero-order valence-electron chi connectivity index (χ0n) is 12.8. The maximum atomic E-state index is 13.1. The van der Waals surface area contributed by atoms with Gasteiger partial charge in [-0.1, -0.05) is 39.5 Å². The molecule has 1 saturated heterocycles. The van der Waals surface area contributed by atoms with Crippen molar-refractivity contribution in [1.82, 2.24) is 4.90 Å². The monoisotopic (exact) mass is 291 g/mol. The van der Waals surface area contributed by atoms with Crippen molar-refractivity contribution >= 4 is 11.7 Å². The number of likely N-dealkylation sites (tertiary alicyclic amines) is 1. The first-order valence-electron chi connectivity index (χ1n) is 7.16. The van der Waals surface area contributed by atoms with E-state index in [1.807, 2.05) is 20.8 Å². The Morgan fingerprint density at radius 3 is 2.38 bits per heavy atom. The Labute approximate surface area is 125 Å². The van der Waals surface area contributed by atoms with Crippen molar-refractivity contribution in [2.24, 2.45) is 5.41 Å². The van der Waals surface area contributed by atoms with Crippen LogP contribution in [0, 0.1) is 11.2 Å². The van der Waals surface area contributed by atoms with Crippen LogP contribution < -0.4 is 0 Å². The molecule has 0 radical (unpaired) electrons. The van der Waals surface area contributed by atoms with Gasteiger partial charge in [0.2, 0.25) is 0 Å². The highest BCUT2D eigenvalue weighted by atomic mass is 19.1. The van der Waals surface area contributed by atoms with Crippen LogP contribution in [0.1, 0.15) is 39.2 Å². The van der Waals surface area contributed by atoms with Crippen molar-refractivity contribution in [2.45, 2.75) is 39.2 Å². The summed E-state index contributed by atoms with van der Waals surface area (Å²) >= 11 is 0. The van der Waals surface area contributed by atoms with Gasteiger partial charge in [0.05, 0.1) is 5.54 Å². The fourth-order valence-corrected chi connectivity index (χ4v) is 3.51. The first kappa shape index (κ1) is 15.5. The van der Waals surface area contributed by atoms with Crippen LogP contribution in [0.4, 0.5) is 9.18 Å². The molecule has 4 heteroatoms. The van der Waals surface area contributed by atoms with Crippen molar-refractivity contribution < 1.29 is 14.3 Å². The highest BCUT2D eigenvalue weighted by Gasteiger charge is 2.53. The molecular formula is C17H22FNO2. The number of rotatable bonds is 2. The lowest BCUT2D eigenvalue weighted by atomic mass is 9.66. The van der Waals surface area contributed by atoms with Crippen LogP contribution in [-0.2, 0) is 0 Å². The Morgan fingerprint density at radius 2 is 1.90 bits per heavy atom. The highest BCUT2D eigenvalue weighted by molar-refractivity contribution is 5.79. The standard InChI is InChI=1S/C17H22FNO2/c1-12(13-6-8-14(18)9-7-13)17(16(2,3)4)10-5-11-19(17)15(20)21/h6-9H,1,5,10-11H2,2-4H3,(H,20,21). The molecule has 21 heavy (non-hydrogen) atoms. The molecule has 0 bridgehead atoms. The van der Waals surface area contributed by atoms with Gasteiger partial charge < -0.3 is 5.11 Å². The average molecular weight is 291 g/mol. The number of hydrogen-bond donors (Lipinski definition) is 1. The minimum Gasteiger partial charge on any atom is -0.465 e. The van der Waals surface area contributed by atoms with Crippen LogP contribution in [0.15, 0.2) is 30.8 Å². The molecule has 1 atom stereocenters. The molecule has 1 N–H and O–H groups in total. The van der Waals surface area contributed by atoms with Crippen molar-refractivity contribution in [3.63, 3.8) is 0 Å². The first-order valence-corrected chi connectivity index (χ1v) is 7.16. The van der Waals surface area contributed by atoms with Gasteiger partial charge >= 0.3 is 6.09 Å². The highest BCUT2D eigenvalue weighted by Crippen LogP contribution is 2.51. The van der Waals surface area contributed by atoms with Crippen molar-refractivity contribution in [2.75, 3.05) is 6.54 Å². The first-order chi connectivity index (χ1) is 9.70. The van der Waals surface area contributed by atoms with Gasteiger partial charge in [0.25, 0.3) is 0 Å². The largest absolute Gasteiger partial charge is 0.465 e. The normalized spacial score (nSPS) is 22.4. The molecule has 0 spiro atoms. The van der Waals surface area contributed by atoms with E-state index < -0.39 is 11.6 Å². The molecule has 1 heterocycles. The van der Waals surface area contributed by atoms with E-state index in [1.165, 1.54) is 17.0 Å². The van der Waals surface area contributed by atoms with Gasteiger partial charge in [-0.3, -0.25) is 4.90 Å². The minimum absolute atomic E-state index is 0.298. The van der Waals surface area contributed by atoms with E-state index in [4.69, 9.17) is 0 Å². The Kier molecular flexibility index (Phi) is 3.83. The summed E-state index contributed by atoms with van der Waals surface area (Å²) < 4.78 is 13.1. The second-order valence-electron chi connectivity index (χ2n) is 6.63. The zero-order chi connectivity index (χ0) is 15.8. The topological polar surface area (TPSA) is 40.5 Å². The molecule has 1 aromatic rings. The third-order valence-corrected chi connectivity index (χ3v) is 4.54. The maximum Gasteiger partial charge on any atom is 0.408 e. The summed E-state index contributed by atoms with van der Waals surface area (Å²) in [4.78, 5) is 13.2. The summed E-state index contributed by atoms with van der Waals surface area (Å²) in [7, 11) is 0. The number of carbonyl (C=O) groups is 1. The molecule has 1 fully saturated rings. The van der Waals surface area contributed by atoms with Gasteiger partial charge in [0.15, 0.2) is 0 Å². The second kappa shape index (κ2) is 5.17. The van der Waals surface area contributed by atoms with E-state index in [2.05, 4.69) is 6.58 Å². The Bertz CT molecular complexity index is 559. The Morgan fingerprint density at radius 1 is 1.33 bits per heavy atom. The smallest absolute Gasteiger partial charge is 0.408 e. The molecule has 1 aromatic carbocycles. The van der Waals surface area contributed by atoms with E-state index in [0.29, 0.717) is 6.54 Å². The van der Waals surface area contributed by atoms with Crippen molar-refractivity contribution in [3.8, 4) is 0 Å². The summed E-state index contributed by atoms with van der Waals surface area (Å²) in [5.41, 5.74) is 0.582. The summed E-state index contributed by atoms with van der Waals surface area (Å²) in [6, 6.07) is 6.11. The predicted molar refractivity (Wildman–Crippen MR) is 81.6 cm³/mol. The van der Waals surface area contributed by atoms with Gasteiger partial charge in [-0.15, -0.1) is 0 Å². The molecule has 0 aliphatic carbocycles. The van der Waals surface area contributed by atoms with Gasteiger partial charge in [-0.25, -0.2) is 9.18 Å². The van der Waals surface area contributed by atoms with Gasteiger partial charge in [-0.05, 0) is 41.5 Å². The number of amides is 1. The number of benzene rings is 1. The van der Waals surface area contributed by atoms with Gasteiger partial charge in [0, 0.05) is 6.54 Å². The molecule has 1 aliphatic rings. The lowest BCUT2D eigenvalue weighted by molar-refractivity contribution is 0.0706. The molecule has 1 aliphatic heterocycles. The molecule has 114 valence electrons. The summed E-state index contributed by atoms with van der Waals surface area (Å²) in [6.45, 7) is 10.8. The molecular weight excluding hydrogens is 269 g/mol. The Balaban J connectivity index is 2.53. The molecule has 0 aromatic heterocycles. The van der Waals surface area contributed by atoms with Crippen LogP contribution in [0.5, 0.6) is 0 Å². The fourth-order valence-electron chi connectivity index (χ4n) is 3.51. The fraction of sp³-hybridized carbons (Fsp3) is 0.471. The number of nitrogens with zero attached hydrogens (tertiary/aromatic N) is 1. The van der Waals surface area contributed by atoms with Crippen LogP contribution in [0.3, 0.4) is 0 Å². The third kappa shape index (κ3) is 2.43. The summed E-state index contributed by atoms with van der Waals surface area (Å²) in [6.07, 6.45) is 0.619. The van der Waals surface area contributed by atoms with E-state index in [1.54, 1.807) is 12.1 Å². The van der Waals surface area contributed by atoms with E-state index in [-0.39, 0.29) is 11.2 Å². The van der Waals surface area contributed by atoms with Crippen molar-refractivity contribution in [1.29, 1.82) is 0 Å². The number of hydrogen-bond acceptors (Lipinski definition) is 1. The summed E-state index contributed by atoms with van der Waals surface area (Å²) in [5.74, 6) is -0.308. The lowest BCUT2D eigenvalue weighted by Gasteiger charge is -2.48. The summed E-state index contributed by atoms with van der Waals surface area (Å²) in [5, 5.41) is 9.58. The van der Waals surface area contributed by atoms with Crippen LogP contribution >= 0.6 is 0 Å². The number of carboxylic acid groups (broad SMARTS) is 1. The van der Waals surface area contributed by atoms with E-state index in [9.17, 15) is 14.3 Å². The quantitative estimate of drug-likeness (QED) is 0.877. The molecule has 1 amide bonds. The van der Waals surface area contributed by atoms with Gasteiger partial charge in [-0.2, -0.15) is 0 Å². The third-order valence-electron chi connectivity index (χ3n) is 4.54. The predicted octanol–water partition coefficient (Wildman–Crippen LogP) is 4.40. The molecule has 3 nitrogen and oxygen atoms in total. The van der Waals surface area contributed by atoms with E-state index in [0.717, 1.165) is 24.0 Å². The molecule has 0 saturated carbocycles. The second-order valence-corrected chi connectivity index (χ2v) is 6.63. The van der Waals surface area contributed by atoms with E-state index >= 15 is 0 Å². The SMILES string of the molecule is C=C(c1ccc(F)cc1)C1(C(C)(C)C)CCCN1C(=O)O. The zero-order valence-corrected chi connectivity index (χ0v) is 12.8. The maximum absolute atomic E-state index is 13.1. The van der Waals surface area contributed by atoms with Crippen LogP contribution in [-0.4, -0.2) is 28.2 Å². The molecule has 1 unspecified atom stereocenters. The minimum atomic E-state index is -0.925. The number of halogens is 1. The van der Waals surface area contributed by atoms with Gasteiger partial charge in [0.1, 0.15) is 5.82 Å². The average Bonchev–Trinajstić information content (AvgIpc) is 2.84. The van der Waals surface area contributed by atoms with Crippen LogP contribution in [0.25, 0.3) is 5.57 Å². The lowest BCUT2D eigenvalue weighted by Crippen LogP contribution is -2.55. The van der Waals surface area contributed by atoms with Crippen molar-refractivity contribution in [3.05, 3.63) is 42.2 Å². The van der Waals surface area contributed by atoms with Crippen LogP contribution in [0.2, 0.25) is 0 Å².